The highest BCUT2D eigenvalue weighted by molar-refractivity contribution is 8.01. The third-order valence-electron chi connectivity index (χ3n) is 3.24. The second-order valence-corrected chi connectivity index (χ2v) is 6.63. The van der Waals surface area contributed by atoms with Crippen molar-refractivity contribution in [2.75, 3.05) is 24.7 Å². The molecule has 2 amide bonds. The number of anilines is 1. The van der Waals surface area contributed by atoms with Crippen LogP contribution in [0.5, 0.6) is 0 Å². The van der Waals surface area contributed by atoms with Crippen molar-refractivity contribution in [3.05, 3.63) is 29.8 Å². The number of amides is 2. The summed E-state index contributed by atoms with van der Waals surface area (Å²) < 4.78 is 0. The molecular weight excluding hydrogens is 298 g/mol. The van der Waals surface area contributed by atoms with Gasteiger partial charge in [0.05, 0.1) is 11.0 Å². The fourth-order valence-electron chi connectivity index (χ4n) is 1.61. The highest BCUT2D eigenvalue weighted by Gasteiger charge is 2.15. The number of rotatable bonds is 8. The molecule has 2 atom stereocenters. The van der Waals surface area contributed by atoms with Crippen LogP contribution in [0.15, 0.2) is 24.3 Å². The van der Waals surface area contributed by atoms with E-state index in [1.807, 2.05) is 52.1 Å². The molecule has 6 heteroatoms. The molecule has 1 rings (SSSR count). The van der Waals surface area contributed by atoms with Crippen molar-refractivity contribution >= 4 is 29.3 Å². The molecule has 0 aliphatic rings. The van der Waals surface area contributed by atoms with E-state index in [9.17, 15) is 9.59 Å². The Hall–Kier alpha value is -1.53. The molecule has 0 aromatic heterocycles. The average Bonchev–Trinajstić information content (AvgIpc) is 2.52. The lowest BCUT2D eigenvalue weighted by Gasteiger charge is -2.15. The summed E-state index contributed by atoms with van der Waals surface area (Å²) in [7, 11) is 1.85. The van der Waals surface area contributed by atoms with Crippen LogP contribution >= 0.6 is 11.8 Å². The number of carbonyl (C=O) groups is 2. The zero-order valence-corrected chi connectivity index (χ0v) is 14.4. The van der Waals surface area contributed by atoms with Gasteiger partial charge in [-0.15, -0.1) is 11.8 Å². The van der Waals surface area contributed by atoms with Crippen molar-refractivity contribution in [2.24, 2.45) is 0 Å². The van der Waals surface area contributed by atoms with Gasteiger partial charge in [-0.3, -0.25) is 9.59 Å². The van der Waals surface area contributed by atoms with Gasteiger partial charge in [-0.25, -0.2) is 0 Å². The lowest BCUT2D eigenvalue weighted by atomic mass is 10.2. The first kappa shape index (κ1) is 18.5. The van der Waals surface area contributed by atoms with Gasteiger partial charge in [0.25, 0.3) is 0 Å². The Morgan fingerprint density at radius 3 is 2.41 bits per heavy atom. The van der Waals surface area contributed by atoms with E-state index in [0.717, 1.165) is 11.3 Å². The molecule has 122 valence electrons. The first-order valence-electron chi connectivity index (χ1n) is 7.35. The highest BCUT2D eigenvalue weighted by Crippen LogP contribution is 2.13. The summed E-state index contributed by atoms with van der Waals surface area (Å²) in [5.74, 6) is 0.108. The van der Waals surface area contributed by atoms with E-state index in [1.165, 1.54) is 11.8 Å². The second kappa shape index (κ2) is 9.48. The van der Waals surface area contributed by atoms with E-state index in [1.54, 1.807) is 0 Å². The molecule has 0 saturated carbocycles. The molecule has 5 nitrogen and oxygen atoms in total. The fraction of sp³-hybridized carbons (Fsp3) is 0.500. The zero-order valence-electron chi connectivity index (χ0n) is 13.6. The van der Waals surface area contributed by atoms with Gasteiger partial charge in [-0.1, -0.05) is 17.7 Å². The van der Waals surface area contributed by atoms with Crippen LogP contribution in [0, 0.1) is 6.92 Å². The van der Waals surface area contributed by atoms with Crippen LogP contribution in [0.1, 0.15) is 19.4 Å². The molecule has 0 spiro atoms. The Morgan fingerprint density at radius 1 is 1.18 bits per heavy atom. The van der Waals surface area contributed by atoms with Crippen LogP contribution < -0.4 is 16.0 Å². The van der Waals surface area contributed by atoms with Gasteiger partial charge in [0.15, 0.2) is 0 Å². The maximum atomic E-state index is 11.9. The van der Waals surface area contributed by atoms with Crippen molar-refractivity contribution in [2.45, 2.75) is 32.1 Å². The summed E-state index contributed by atoms with van der Waals surface area (Å²) in [5.41, 5.74) is 1.92. The first-order valence-corrected chi connectivity index (χ1v) is 8.40. The number of hydrogen-bond donors (Lipinski definition) is 3. The zero-order chi connectivity index (χ0) is 16.5. The van der Waals surface area contributed by atoms with Gasteiger partial charge < -0.3 is 16.0 Å². The predicted molar refractivity (Wildman–Crippen MR) is 93.3 cm³/mol. The molecule has 0 fully saturated rings. The fourth-order valence-corrected chi connectivity index (χ4v) is 2.32. The van der Waals surface area contributed by atoms with E-state index in [4.69, 9.17) is 0 Å². The van der Waals surface area contributed by atoms with E-state index in [0.29, 0.717) is 6.54 Å². The standard InChI is InChI=1S/C16H25N3O2S/c1-11-5-7-14(8-6-11)19-15(20)10-22-13(3)16(21)18-9-12(2)17-4/h5-8,12-13,17H,9-10H2,1-4H3,(H,18,21)(H,19,20). The Balaban J connectivity index is 2.30. The van der Waals surface area contributed by atoms with Gasteiger partial charge in [0, 0.05) is 18.3 Å². The van der Waals surface area contributed by atoms with E-state index in [-0.39, 0.29) is 28.9 Å². The molecule has 0 heterocycles. The smallest absolute Gasteiger partial charge is 0.234 e. The molecule has 0 radical (unpaired) electrons. The van der Waals surface area contributed by atoms with Crippen LogP contribution in [-0.4, -0.2) is 42.5 Å². The van der Waals surface area contributed by atoms with Crippen molar-refractivity contribution in [3.8, 4) is 0 Å². The molecule has 0 bridgehead atoms. The molecule has 1 aromatic carbocycles. The van der Waals surface area contributed by atoms with Crippen molar-refractivity contribution in [1.82, 2.24) is 10.6 Å². The summed E-state index contributed by atoms with van der Waals surface area (Å²) in [5, 5.41) is 8.48. The molecule has 0 aliphatic carbocycles. The minimum absolute atomic E-state index is 0.0461. The lowest BCUT2D eigenvalue weighted by molar-refractivity contribution is -0.120. The van der Waals surface area contributed by atoms with Crippen molar-refractivity contribution < 1.29 is 9.59 Å². The molecule has 3 N–H and O–H groups in total. The number of benzene rings is 1. The number of nitrogens with one attached hydrogen (secondary N) is 3. The van der Waals surface area contributed by atoms with Crippen LogP contribution in [0.4, 0.5) is 5.69 Å². The van der Waals surface area contributed by atoms with E-state index >= 15 is 0 Å². The number of thioether (sulfide) groups is 1. The van der Waals surface area contributed by atoms with Crippen molar-refractivity contribution in [3.63, 3.8) is 0 Å². The average molecular weight is 323 g/mol. The molecule has 0 aliphatic heterocycles. The van der Waals surface area contributed by atoms with Gasteiger partial charge in [-0.2, -0.15) is 0 Å². The Kier molecular flexibility index (Phi) is 7.98. The summed E-state index contributed by atoms with van der Waals surface area (Å²) >= 11 is 1.33. The minimum Gasteiger partial charge on any atom is -0.354 e. The number of carbonyl (C=O) groups excluding carboxylic acids is 2. The van der Waals surface area contributed by atoms with Crippen LogP contribution in [0.25, 0.3) is 0 Å². The van der Waals surface area contributed by atoms with Crippen molar-refractivity contribution in [1.29, 1.82) is 0 Å². The van der Waals surface area contributed by atoms with Gasteiger partial charge in [0.2, 0.25) is 11.8 Å². The summed E-state index contributed by atoms with van der Waals surface area (Å²) in [6.45, 7) is 6.38. The Labute approximate surface area is 136 Å². The topological polar surface area (TPSA) is 70.2 Å². The third kappa shape index (κ3) is 6.95. The minimum atomic E-state index is -0.257. The quantitative estimate of drug-likeness (QED) is 0.682. The SMILES string of the molecule is CNC(C)CNC(=O)C(C)SCC(=O)Nc1ccc(C)cc1. The van der Waals surface area contributed by atoms with Crippen LogP contribution in [0.2, 0.25) is 0 Å². The number of hydrogen-bond acceptors (Lipinski definition) is 4. The normalized spacial score (nSPS) is 13.3. The Bertz CT molecular complexity index is 491. The summed E-state index contributed by atoms with van der Waals surface area (Å²) in [6.07, 6.45) is 0. The van der Waals surface area contributed by atoms with Gasteiger partial charge in [0.1, 0.15) is 0 Å². The number of likely N-dealkylation sites (N-methyl/N-ethyl adjacent to an activating group) is 1. The monoisotopic (exact) mass is 323 g/mol. The second-order valence-electron chi connectivity index (χ2n) is 5.30. The Morgan fingerprint density at radius 2 is 1.82 bits per heavy atom. The number of aryl methyl sites for hydroxylation is 1. The molecule has 22 heavy (non-hydrogen) atoms. The largest absolute Gasteiger partial charge is 0.354 e. The van der Waals surface area contributed by atoms with Gasteiger partial charge >= 0.3 is 0 Å². The maximum Gasteiger partial charge on any atom is 0.234 e. The summed E-state index contributed by atoms with van der Waals surface area (Å²) in [6, 6.07) is 7.86. The maximum absolute atomic E-state index is 11.9. The van der Waals surface area contributed by atoms with E-state index in [2.05, 4.69) is 16.0 Å². The molecule has 1 aromatic rings. The first-order chi connectivity index (χ1) is 10.4. The third-order valence-corrected chi connectivity index (χ3v) is 4.39. The summed E-state index contributed by atoms with van der Waals surface area (Å²) in [4.78, 5) is 23.7. The van der Waals surface area contributed by atoms with Gasteiger partial charge in [-0.05, 0) is 40.0 Å². The predicted octanol–water partition coefficient (Wildman–Crippen LogP) is 1.78. The lowest BCUT2D eigenvalue weighted by Crippen LogP contribution is -2.40. The molecular formula is C16H25N3O2S. The molecule has 0 saturated heterocycles. The van der Waals surface area contributed by atoms with Crippen LogP contribution in [0.3, 0.4) is 0 Å². The highest BCUT2D eigenvalue weighted by atomic mass is 32.2. The molecule has 2 unspecified atom stereocenters. The van der Waals surface area contributed by atoms with E-state index < -0.39 is 0 Å². The van der Waals surface area contributed by atoms with Crippen LogP contribution in [-0.2, 0) is 9.59 Å².